The van der Waals surface area contributed by atoms with Crippen LogP contribution in [0.4, 0.5) is 5.82 Å². The minimum Gasteiger partial charge on any atom is -0.507 e. The van der Waals surface area contributed by atoms with Gasteiger partial charge in [0.2, 0.25) is 5.75 Å². The first-order chi connectivity index (χ1) is 16.3. The molecule has 9 nitrogen and oxygen atoms in total. The number of aliphatic hydroxyl groups is 1. The second-order valence-corrected chi connectivity index (χ2v) is 8.35. The number of nitrogens with zero attached hydrogens (tertiary/aromatic N) is 2. The highest BCUT2D eigenvalue weighted by Gasteiger charge is 2.48. The van der Waals surface area contributed by atoms with E-state index >= 15 is 0 Å². The van der Waals surface area contributed by atoms with Crippen molar-refractivity contribution < 1.29 is 33.4 Å². The number of anilines is 1. The smallest absolute Gasteiger partial charge is 0.301 e. The van der Waals surface area contributed by atoms with Gasteiger partial charge < -0.3 is 23.8 Å². The number of aromatic nitrogens is 1. The molecule has 2 aromatic carbocycles. The molecular formula is C24H21BrN2O7. The topological polar surface area (TPSA) is 111 Å². The highest BCUT2D eigenvalue weighted by Crippen LogP contribution is 2.47. The Hall–Kier alpha value is -3.79. The molecule has 0 aliphatic carbocycles. The van der Waals surface area contributed by atoms with E-state index < -0.39 is 17.7 Å². The summed E-state index contributed by atoms with van der Waals surface area (Å²) < 4.78 is 22.3. The van der Waals surface area contributed by atoms with Gasteiger partial charge in [0.25, 0.3) is 5.78 Å². The molecule has 1 atom stereocenters. The molecule has 1 amide bonds. The third-order valence-corrected chi connectivity index (χ3v) is 5.96. The van der Waals surface area contributed by atoms with E-state index in [-0.39, 0.29) is 17.2 Å². The summed E-state index contributed by atoms with van der Waals surface area (Å²) in [4.78, 5) is 27.6. The molecule has 0 bridgehead atoms. The lowest BCUT2D eigenvalue weighted by atomic mass is 9.94. The van der Waals surface area contributed by atoms with Crippen LogP contribution in [0.3, 0.4) is 0 Å². The number of rotatable bonds is 6. The summed E-state index contributed by atoms with van der Waals surface area (Å²) in [7, 11) is 4.39. The van der Waals surface area contributed by atoms with Crippen molar-refractivity contribution in [1.29, 1.82) is 0 Å². The standard InChI is InChI=1S/C24H21BrN2O7/c1-12-9-18(26-34-12)27-20(14-10-16(31-2)23(33-4)17(11-14)32-3)19(22(29)24(27)30)21(28)13-5-7-15(25)8-6-13/h5-11,20,28H,1-4H3/t20-/m1/s1. The fraction of sp³-hybridized carbons (Fsp3) is 0.208. The number of hydrogen-bond donors (Lipinski definition) is 1. The van der Waals surface area contributed by atoms with Crippen LogP contribution in [-0.2, 0) is 9.59 Å². The van der Waals surface area contributed by atoms with Gasteiger partial charge in [0.15, 0.2) is 17.3 Å². The summed E-state index contributed by atoms with van der Waals surface area (Å²) in [5, 5.41) is 15.1. The average Bonchev–Trinajstić information content (AvgIpc) is 3.38. The number of carbonyl (C=O) groups excluding carboxylic acids is 2. The predicted octanol–water partition coefficient (Wildman–Crippen LogP) is 4.40. The molecule has 1 N–H and O–H groups in total. The lowest BCUT2D eigenvalue weighted by Gasteiger charge is -2.24. The average molecular weight is 529 g/mol. The van der Waals surface area contributed by atoms with Crippen molar-refractivity contribution in [3.8, 4) is 17.2 Å². The number of aliphatic hydroxyl groups excluding tert-OH is 1. The molecule has 1 aliphatic heterocycles. The van der Waals surface area contributed by atoms with Crippen LogP contribution in [-0.4, -0.2) is 43.3 Å². The zero-order chi connectivity index (χ0) is 24.6. The number of Topliss-reactive ketones (excluding diaryl/α,β-unsaturated/α-hetero) is 1. The molecular weight excluding hydrogens is 508 g/mol. The molecule has 0 spiro atoms. The number of methoxy groups -OCH3 is 3. The number of halogens is 1. The van der Waals surface area contributed by atoms with E-state index in [0.717, 1.165) is 4.47 Å². The van der Waals surface area contributed by atoms with Crippen LogP contribution in [0.25, 0.3) is 5.76 Å². The van der Waals surface area contributed by atoms with Crippen molar-refractivity contribution in [3.05, 3.63) is 69.4 Å². The van der Waals surface area contributed by atoms with Gasteiger partial charge in [-0.2, -0.15) is 0 Å². The van der Waals surface area contributed by atoms with E-state index in [2.05, 4.69) is 21.1 Å². The van der Waals surface area contributed by atoms with Crippen LogP contribution in [0.1, 0.15) is 22.9 Å². The first kappa shape index (κ1) is 23.4. The number of amides is 1. The number of carbonyl (C=O) groups is 2. The highest BCUT2D eigenvalue weighted by molar-refractivity contribution is 9.10. The van der Waals surface area contributed by atoms with Gasteiger partial charge in [0, 0.05) is 16.1 Å². The number of ketones is 1. The lowest BCUT2D eigenvalue weighted by Crippen LogP contribution is -2.29. The Morgan fingerprint density at radius 2 is 1.65 bits per heavy atom. The fourth-order valence-electron chi connectivity index (χ4n) is 3.87. The van der Waals surface area contributed by atoms with Gasteiger partial charge in [-0.15, -0.1) is 0 Å². The van der Waals surface area contributed by atoms with E-state index in [4.69, 9.17) is 18.7 Å². The molecule has 1 aromatic heterocycles. The maximum atomic E-state index is 13.2. The Morgan fingerprint density at radius 3 is 2.15 bits per heavy atom. The lowest BCUT2D eigenvalue weighted by molar-refractivity contribution is -0.132. The zero-order valence-corrected chi connectivity index (χ0v) is 20.4. The Kier molecular flexibility index (Phi) is 6.34. The van der Waals surface area contributed by atoms with E-state index in [0.29, 0.717) is 34.1 Å². The van der Waals surface area contributed by atoms with E-state index in [1.807, 2.05) is 0 Å². The number of benzene rings is 2. The van der Waals surface area contributed by atoms with Gasteiger partial charge in [0.1, 0.15) is 11.5 Å². The van der Waals surface area contributed by atoms with Crippen molar-refractivity contribution in [3.63, 3.8) is 0 Å². The Balaban J connectivity index is 2.00. The van der Waals surface area contributed by atoms with Crippen LogP contribution in [0, 0.1) is 6.92 Å². The van der Waals surface area contributed by atoms with Crippen LogP contribution in [0.15, 0.2) is 57.0 Å². The second kappa shape index (κ2) is 9.22. The molecule has 176 valence electrons. The molecule has 4 rings (SSSR count). The number of ether oxygens (including phenoxy) is 3. The molecule has 1 aliphatic rings. The third-order valence-electron chi connectivity index (χ3n) is 5.43. The predicted molar refractivity (Wildman–Crippen MR) is 126 cm³/mol. The van der Waals surface area contributed by atoms with Gasteiger partial charge in [-0.25, -0.2) is 0 Å². The quantitative estimate of drug-likeness (QED) is 0.284. The van der Waals surface area contributed by atoms with Gasteiger partial charge in [0.05, 0.1) is 32.9 Å². The molecule has 10 heteroatoms. The van der Waals surface area contributed by atoms with Crippen LogP contribution in [0.2, 0.25) is 0 Å². The zero-order valence-electron chi connectivity index (χ0n) is 18.8. The number of aryl methyl sites for hydroxylation is 1. The van der Waals surface area contributed by atoms with Crippen molar-refractivity contribution >= 4 is 39.2 Å². The maximum Gasteiger partial charge on any atom is 0.301 e. The van der Waals surface area contributed by atoms with Gasteiger partial charge in [-0.1, -0.05) is 33.2 Å². The summed E-state index contributed by atoms with van der Waals surface area (Å²) in [5.74, 6) is -0.472. The Bertz CT molecular complexity index is 1270. The third kappa shape index (κ3) is 3.90. The van der Waals surface area contributed by atoms with Crippen molar-refractivity contribution in [2.24, 2.45) is 0 Å². The van der Waals surface area contributed by atoms with Crippen LogP contribution in [0.5, 0.6) is 17.2 Å². The summed E-state index contributed by atoms with van der Waals surface area (Å²) in [6.45, 7) is 1.67. The monoisotopic (exact) mass is 528 g/mol. The minimum atomic E-state index is -1.04. The second-order valence-electron chi connectivity index (χ2n) is 7.43. The molecule has 1 fully saturated rings. The molecule has 2 heterocycles. The molecule has 1 saturated heterocycles. The van der Waals surface area contributed by atoms with Gasteiger partial charge >= 0.3 is 5.91 Å². The summed E-state index contributed by atoms with van der Waals surface area (Å²) in [5.41, 5.74) is 0.699. The van der Waals surface area contributed by atoms with E-state index in [9.17, 15) is 14.7 Å². The molecule has 0 saturated carbocycles. The summed E-state index contributed by atoms with van der Waals surface area (Å²) >= 11 is 3.35. The first-order valence-electron chi connectivity index (χ1n) is 10.1. The van der Waals surface area contributed by atoms with Crippen molar-refractivity contribution in [2.45, 2.75) is 13.0 Å². The largest absolute Gasteiger partial charge is 0.507 e. The van der Waals surface area contributed by atoms with Crippen molar-refractivity contribution in [1.82, 2.24) is 5.16 Å². The minimum absolute atomic E-state index is 0.109. The molecule has 0 radical (unpaired) electrons. The fourth-order valence-corrected chi connectivity index (χ4v) is 4.14. The maximum absolute atomic E-state index is 13.2. The van der Waals surface area contributed by atoms with Gasteiger partial charge in [-0.05, 0) is 36.8 Å². The normalized spacial score (nSPS) is 17.2. The first-order valence-corrected chi connectivity index (χ1v) is 10.9. The highest BCUT2D eigenvalue weighted by atomic mass is 79.9. The van der Waals surface area contributed by atoms with Crippen molar-refractivity contribution in [2.75, 3.05) is 26.2 Å². The Labute approximate surface area is 203 Å². The van der Waals surface area contributed by atoms with Gasteiger partial charge in [-0.3, -0.25) is 14.5 Å². The van der Waals surface area contributed by atoms with E-state index in [1.54, 1.807) is 43.3 Å². The summed E-state index contributed by atoms with van der Waals surface area (Å²) in [6, 6.07) is 10.5. The molecule has 3 aromatic rings. The van der Waals surface area contributed by atoms with Crippen LogP contribution >= 0.6 is 15.9 Å². The SMILES string of the molecule is COc1cc([C@@H]2C(=C(O)c3ccc(Br)cc3)C(=O)C(=O)N2c2cc(C)on2)cc(OC)c1OC. The summed E-state index contributed by atoms with van der Waals surface area (Å²) in [6.07, 6.45) is 0. The molecule has 0 unspecified atom stereocenters. The van der Waals surface area contributed by atoms with E-state index in [1.165, 1.54) is 32.3 Å². The molecule has 34 heavy (non-hydrogen) atoms. The van der Waals surface area contributed by atoms with Crippen LogP contribution < -0.4 is 19.1 Å². The Morgan fingerprint density at radius 1 is 1.03 bits per heavy atom. The number of hydrogen-bond acceptors (Lipinski definition) is 8.